The van der Waals surface area contributed by atoms with Gasteiger partial charge in [-0.25, -0.2) is 4.98 Å². The zero-order chi connectivity index (χ0) is 16.5. The molecular weight excluding hydrogens is 322 g/mol. The van der Waals surface area contributed by atoms with Crippen molar-refractivity contribution in [3.63, 3.8) is 0 Å². The summed E-state index contributed by atoms with van der Waals surface area (Å²) in [5, 5.41) is 1.18. The predicted octanol–water partition coefficient (Wildman–Crippen LogP) is 4.10. The molecule has 0 amide bonds. The third kappa shape index (κ3) is 2.47. The molecule has 0 radical (unpaired) electrons. The number of pyridine rings is 1. The third-order valence-electron chi connectivity index (χ3n) is 3.78. The Hall–Kier alpha value is -2.98. The molecule has 2 heterocycles. The van der Waals surface area contributed by atoms with Crippen LogP contribution >= 0.6 is 11.6 Å². The van der Waals surface area contributed by atoms with Crippen LogP contribution in [0, 0.1) is 0 Å². The smallest absolute Gasteiger partial charge is 0.266 e. The van der Waals surface area contributed by atoms with Crippen LogP contribution in [-0.4, -0.2) is 14.5 Å². The van der Waals surface area contributed by atoms with Crippen LogP contribution in [0.25, 0.3) is 28.0 Å². The molecule has 0 saturated carbocycles. The SMILES string of the molecule is O=c1c2ccccc2nc(-c2cccnc2)n1-c1ccc(Cl)cc1. The Morgan fingerprint density at radius 2 is 1.71 bits per heavy atom. The molecule has 0 N–H and O–H groups in total. The van der Waals surface area contributed by atoms with E-state index < -0.39 is 0 Å². The highest BCUT2D eigenvalue weighted by atomic mass is 35.5. The van der Waals surface area contributed by atoms with Crippen LogP contribution < -0.4 is 5.56 Å². The van der Waals surface area contributed by atoms with Crippen molar-refractivity contribution in [2.45, 2.75) is 0 Å². The minimum absolute atomic E-state index is 0.123. The molecule has 0 saturated heterocycles. The third-order valence-corrected chi connectivity index (χ3v) is 4.03. The lowest BCUT2D eigenvalue weighted by atomic mass is 10.2. The molecule has 0 aliphatic rings. The molecular formula is C19H12ClN3O. The van der Waals surface area contributed by atoms with Crippen molar-refractivity contribution in [2.75, 3.05) is 0 Å². The summed E-state index contributed by atoms with van der Waals surface area (Å²) < 4.78 is 1.59. The predicted molar refractivity (Wildman–Crippen MR) is 95.6 cm³/mol. The Morgan fingerprint density at radius 3 is 2.46 bits per heavy atom. The largest absolute Gasteiger partial charge is 0.268 e. The van der Waals surface area contributed by atoms with Crippen molar-refractivity contribution in [2.24, 2.45) is 0 Å². The number of rotatable bonds is 2. The highest BCUT2D eigenvalue weighted by Gasteiger charge is 2.14. The second-order valence-corrected chi connectivity index (χ2v) is 5.75. The van der Waals surface area contributed by atoms with Gasteiger partial charge in [-0.2, -0.15) is 0 Å². The number of para-hydroxylation sites is 1. The molecule has 116 valence electrons. The van der Waals surface area contributed by atoms with E-state index in [1.807, 2.05) is 30.3 Å². The molecule has 4 aromatic rings. The molecule has 2 aromatic carbocycles. The monoisotopic (exact) mass is 333 g/mol. The Morgan fingerprint density at radius 1 is 0.917 bits per heavy atom. The first-order valence-electron chi connectivity index (χ1n) is 7.42. The van der Waals surface area contributed by atoms with Crippen LogP contribution in [0.15, 0.2) is 77.9 Å². The van der Waals surface area contributed by atoms with Crippen LogP contribution in [-0.2, 0) is 0 Å². The lowest BCUT2D eigenvalue weighted by Gasteiger charge is -2.13. The summed E-state index contributed by atoms with van der Waals surface area (Å²) >= 11 is 5.98. The average Bonchev–Trinajstić information content (AvgIpc) is 2.63. The molecule has 5 heteroatoms. The quantitative estimate of drug-likeness (QED) is 0.555. The Balaban J connectivity index is 2.11. The summed E-state index contributed by atoms with van der Waals surface area (Å²) in [5.74, 6) is 0.550. The van der Waals surface area contributed by atoms with Gasteiger partial charge in [-0.3, -0.25) is 14.3 Å². The fraction of sp³-hybridized carbons (Fsp3) is 0. The lowest BCUT2D eigenvalue weighted by Crippen LogP contribution is -2.21. The molecule has 0 fully saturated rings. The number of aromatic nitrogens is 3. The van der Waals surface area contributed by atoms with E-state index >= 15 is 0 Å². The van der Waals surface area contributed by atoms with Crippen molar-refractivity contribution >= 4 is 22.5 Å². The molecule has 0 aliphatic heterocycles. The van der Waals surface area contributed by atoms with E-state index in [9.17, 15) is 4.79 Å². The summed E-state index contributed by atoms with van der Waals surface area (Å²) in [6.45, 7) is 0. The van der Waals surface area contributed by atoms with Crippen LogP contribution in [0.2, 0.25) is 5.02 Å². The second kappa shape index (κ2) is 5.91. The van der Waals surface area contributed by atoms with Gasteiger partial charge in [-0.15, -0.1) is 0 Å². The van der Waals surface area contributed by atoms with Crippen molar-refractivity contribution < 1.29 is 0 Å². The molecule has 4 nitrogen and oxygen atoms in total. The summed E-state index contributed by atoms with van der Waals surface area (Å²) in [6.07, 6.45) is 3.39. The van der Waals surface area contributed by atoms with Crippen LogP contribution in [0.5, 0.6) is 0 Å². The number of nitrogens with zero attached hydrogens (tertiary/aromatic N) is 3. The molecule has 0 bridgehead atoms. The van der Waals surface area contributed by atoms with Gasteiger partial charge in [0.25, 0.3) is 5.56 Å². The normalized spacial score (nSPS) is 10.9. The van der Waals surface area contributed by atoms with Crippen molar-refractivity contribution in [3.8, 4) is 17.1 Å². The van der Waals surface area contributed by atoms with E-state index in [1.54, 1.807) is 47.3 Å². The van der Waals surface area contributed by atoms with E-state index in [2.05, 4.69) is 4.98 Å². The maximum absolute atomic E-state index is 13.1. The molecule has 0 atom stereocenters. The molecule has 0 spiro atoms. The van der Waals surface area contributed by atoms with E-state index in [0.29, 0.717) is 27.4 Å². The fourth-order valence-corrected chi connectivity index (χ4v) is 2.78. The van der Waals surface area contributed by atoms with Gasteiger partial charge in [0.15, 0.2) is 0 Å². The lowest BCUT2D eigenvalue weighted by molar-refractivity contribution is 0.974. The van der Waals surface area contributed by atoms with Gasteiger partial charge in [-0.1, -0.05) is 23.7 Å². The topological polar surface area (TPSA) is 47.8 Å². The minimum Gasteiger partial charge on any atom is -0.268 e. The van der Waals surface area contributed by atoms with Gasteiger partial charge in [-0.05, 0) is 48.5 Å². The van der Waals surface area contributed by atoms with E-state index in [4.69, 9.17) is 16.6 Å². The first-order chi connectivity index (χ1) is 11.7. The van der Waals surface area contributed by atoms with Crippen molar-refractivity contribution in [3.05, 3.63) is 88.4 Å². The minimum atomic E-state index is -0.123. The Bertz CT molecular complexity index is 1070. The van der Waals surface area contributed by atoms with Gasteiger partial charge >= 0.3 is 0 Å². The van der Waals surface area contributed by atoms with Gasteiger partial charge in [0.1, 0.15) is 5.82 Å². The number of hydrogen-bond acceptors (Lipinski definition) is 3. The van der Waals surface area contributed by atoms with Crippen LogP contribution in [0.1, 0.15) is 0 Å². The standard InChI is InChI=1S/C19H12ClN3O/c20-14-7-9-15(10-8-14)23-18(13-4-3-11-21-12-13)22-17-6-2-1-5-16(17)19(23)24/h1-12H. The number of halogens is 1. The second-order valence-electron chi connectivity index (χ2n) is 5.31. The van der Waals surface area contributed by atoms with Gasteiger partial charge in [0, 0.05) is 23.0 Å². The van der Waals surface area contributed by atoms with Crippen molar-refractivity contribution in [1.29, 1.82) is 0 Å². The van der Waals surface area contributed by atoms with E-state index in [-0.39, 0.29) is 5.56 Å². The molecule has 0 aliphatic carbocycles. The zero-order valence-electron chi connectivity index (χ0n) is 12.6. The highest BCUT2D eigenvalue weighted by molar-refractivity contribution is 6.30. The fourth-order valence-electron chi connectivity index (χ4n) is 2.65. The first kappa shape index (κ1) is 14.6. The molecule has 2 aromatic heterocycles. The maximum atomic E-state index is 13.1. The summed E-state index contributed by atoms with van der Waals surface area (Å²) in [6, 6.07) is 18.2. The average molecular weight is 334 g/mol. The number of hydrogen-bond donors (Lipinski definition) is 0. The Labute approximate surface area is 143 Å². The van der Waals surface area contributed by atoms with Gasteiger partial charge < -0.3 is 0 Å². The van der Waals surface area contributed by atoms with Crippen molar-refractivity contribution in [1.82, 2.24) is 14.5 Å². The molecule has 4 rings (SSSR count). The maximum Gasteiger partial charge on any atom is 0.266 e. The van der Waals surface area contributed by atoms with Crippen LogP contribution in [0.4, 0.5) is 0 Å². The summed E-state index contributed by atoms with van der Waals surface area (Å²) in [7, 11) is 0. The zero-order valence-corrected chi connectivity index (χ0v) is 13.3. The number of fused-ring (bicyclic) bond motifs is 1. The molecule has 24 heavy (non-hydrogen) atoms. The molecule has 0 unspecified atom stereocenters. The Kier molecular flexibility index (Phi) is 3.59. The number of benzene rings is 2. The van der Waals surface area contributed by atoms with E-state index in [1.165, 1.54) is 0 Å². The van der Waals surface area contributed by atoms with Gasteiger partial charge in [0.2, 0.25) is 0 Å². The van der Waals surface area contributed by atoms with Gasteiger partial charge in [0.05, 0.1) is 16.6 Å². The highest BCUT2D eigenvalue weighted by Crippen LogP contribution is 2.22. The summed E-state index contributed by atoms with van der Waals surface area (Å²) in [4.78, 5) is 21.9. The first-order valence-corrected chi connectivity index (χ1v) is 7.80. The van der Waals surface area contributed by atoms with E-state index in [0.717, 1.165) is 5.56 Å². The summed E-state index contributed by atoms with van der Waals surface area (Å²) in [5.41, 5.74) is 2.02. The van der Waals surface area contributed by atoms with Crippen LogP contribution in [0.3, 0.4) is 0 Å².